The molecule has 156 valence electrons. The number of nitriles is 1. The van der Waals surface area contributed by atoms with E-state index in [-0.39, 0.29) is 19.5 Å². The molecule has 0 aliphatic rings. The Morgan fingerprint density at radius 2 is 1.87 bits per heavy atom. The molecule has 0 atom stereocenters. The molecule has 2 aromatic rings. The lowest BCUT2D eigenvalue weighted by Crippen LogP contribution is -2.37. The van der Waals surface area contributed by atoms with Gasteiger partial charge in [-0.2, -0.15) is 5.26 Å². The Balaban J connectivity index is 1.88. The van der Waals surface area contributed by atoms with E-state index in [4.69, 9.17) is 14.7 Å². The van der Waals surface area contributed by atoms with Gasteiger partial charge < -0.3 is 19.7 Å². The van der Waals surface area contributed by atoms with E-state index < -0.39 is 24.4 Å². The molecule has 0 aliphatic heterocycles. The van der Waals surface area contributed by atoms with Crippen LogP contribution >= 0.6 is 0 Å². The second-order valence-electron chi connectivity index (χ2n) is 6.36. The molecule has 0 saturated heterocycles. The lowest BCUT2D eigenvalue weighted by molar-refractivity contribution is -0.146. The molecule has 0 aromatic heterocycles. The van der Waals surface area contributed by atoms with Crippen molar-refractivity contribution in [1.29, 1.82) is 5.26 Å². The summed E-state index contributed by atoms with van der Waals surface area (Å²) in [5.74, 6) is -1.15. The zero-order valence-corrected chi connectivity index (χ0v) is 16.9. The van der Waals surface area contributed by atoms with Gasteiger partial charge in [0.15, 0.2) is 6.61 Å². The molecule has 2 rings (SSSR count). The maximum Gasteiger partial charge on any atom is 0.325 e. The van der Waals surface area contributed by atoms with Crippen molar-refractivity contribution < 1.29 is 23.9 Å². The third-order valence-corrected chi connectivity index (χ3v) is 4.18. The molecule has 0 heterocycles. The topological polar surface area (TPSA) is 109 Å². The van der Waals surface area contributed by atoms with Gasteiger partial charge in [-0.3, -0.25) is 14.4 Å². The Bertz CT molecular complexity index is 935. The van der Waals surface area contributed by atoms with Crippen LogP contribution in [0.5, 0.6) is 5.75 Å². The Hall–Kier alpha value is -3.86. The minimum Gasteiger partial charge on any atom is -0.497 e. The smallest absolute Gasteiger partial charge is 0.325 e. The van der Waals surface area contributed by atoms with Crippen LogP contribution in [0.1, 0.15) is 22.3 Å². The average Bonchev–Trinajstić information content (AvgIpc) is 2.77. The second-order valence-corrected chi connectivity index (χ2v) is 6.36. The predicted molar refractivity (Wildman–Crippen MR) is 110 cm³/mol. The van der Waals surface area contributed by atoms with Crippen molar-refractivity contribution in [2.75, 3.05) is 31.7 Å². The molecule has 8 nitrogen and oxygen atoms in total. The number of aryl methyl sites for hydroxylation is 1. The molecular weight excluding hydrogens is 386 g/mol. The lowest BCUT2D eigenvalue weighted by Gasteiger charge is -2.21. The highest BCUT2D eigenvalue weighted by molar-refractivity contribution is 5.97. The highest BCUT2D eigenvalue weighted by Gasteiger charge is 2.18. The van der Waals surface area contributed by atoms with Crippen LogP contribution in [0.25, 0.3) is 0 Å². The maximum absolute atomic E-state index is 12.5. The summed E-state index contributed by atoms with van der Waals surface area (Å²) in [6.45, 7) is 1.23. The third-order valence-electron chi connectivity index (χ3n) is 4.18. The number of anilines is 1. The maximum atomic E-state index is 12.5. The van der Waals surface area contributed by atoms with E-state index in [1.165, 1.54) is 12.0 Å². The van der Waals surface area contributed by atoms with Gasteiger partial charge in [-0.15, -0.1) is 0 Å². The van der Waals surface area contributed by atoms with Gasteiger partial charge in [-0.1, -0.05) is 23.8 Å². The highest BCUT2D eigenvalue weighted by atomic mass is 16.5. The monoisotopic (exact) mass is 409 g/mol. The fourth-order valence-corrected chi connectivity index (χ4v) is 2.57. The number of nitrogens with one attached hydrogen (secondary N) is 1. The van der Waals surface area contributed by atoms with Crippen molar-refractivity contribution in [2.45, 2.75) is 13.3 Å². The quantitative estimate of drug-likeness (QED) is 0.636. The fraction of sp³-hybridized carbons (Fsp3) is 0.273. The summed E-state index contributed by atoms with van der Waals surface area (Å²) in [6, 6.07) is 15.7. The number of benzene rings is 2. The molecule has 2 amide bonds. The summed E-state index contributed by atoms with van der Waals surface area (Å²) in [5, 5.41) is 11.3. The van der Waals surface area contributed by atoms with Crippen molar-refractivity contribution in [3.8, 4) is 11.8 Å². The number of ether oxygens (including phenoxy) is 2. The normalized spacial score (nSPS) is 9.90. The molecule has 2 aromatic carbocycles. The molecule has 0 spiro atoms. The van der Waals surface area contributed by atoms with Crippen molar-refractivity contribution in [3.63, 3.8) is 0 Å². The number of amides is 2. The molecule has 0 unspecified atom stereocenters. The summed E-state index contributed by atoms with van der Waals surface area (Å²) in [7, 11) is 1.49. The van der Waals surface area contributed by atoms with E-state index in [9.17, 15) is 14.4 Å². The fourth-order valence-electron chi connectivity index (χ4n) is 2.57. The highest BCUT2D eigenvalue weighted by Crippen LogP contribution is 2.16. The Labute approximate surface area is 175 Å². The van der Waals surface area contributed by atoms with Gasteiger partial charge in [-0.05, 0) is 37.3 Å². The molecule has 0 fully saturated rings. The van der Waals surface area contributed by atoms with Gasteiger partial charge in [-0.25, -0.2) is 0 Å². The van der Waals surface area contributed by atoms with E-state index in [0.717, 1.165) is 5.56 Å². The minimum absolute atomic E-state index is 0.143. The first-order valence-electron chi connectivity index (χ1n) is 9.26. The molecular formula is C22H23N3O5. The molecule has 0 radical (unpaired) electrons. The Morgan fingerprint density at radius 3 is 2.53 bits per heavy atom. The summed E-state index contributed by atoms with van der Waals surface area (Å²) in [4.78, 5) is 38.0. The Morgan fingerprint density at radius 1 is 1.13 bits per heavy atom. The van der Waals surface area contributed by atoms with Crippen LogP contribution in [0.4, 0.5) is 5.69 Å². The van der Waals surface area contributed by atoms with Gasteiger partial charge in [0.05, 0.1) is 19.6 Å². The zero-order chi connectivity index (χ0) is 21.9. The van der Waals surface area contributed by atoms with Gasteiger partial charge in [0.2, 0.25) is 0 Å². The van der Waals surface area contributed by atoms with Crippen LogP contribution in [-0.4, -0.2) is 44.6 Å². The first-order valence-corrected chi connectivity index (χ1v) is 9.26. The van der Waals surface area contributed by atoms with Gasteiger partial charge in [0.1, 0.15) is 12.3 Å². The number of carbonyl (C=O) groups is 3. The number of rotatable bonds is 9. The summed E-state index contributed by atoms with van der Waals surface area (Å²) in [6.07, 6.45) is 0.143. The number of esters is 1. The summed E-state index contributed by atoms with van der Waals surface area (Å²) in [5.41, 5.74) is 1.98. The largest absolute Gasteiger partial charge is 0.497 e. The van der Waals surface area contributed by atoms with Crippen LogP contribution in [-0.2, 0) is 14.3 Å². The Kier molecular flexibility index (Phi) is 8.39. The first kappa shape index (κ1) is 22.4. The molecule has 0 saturated carbocycles. The van der Waals surface area contributed by atoms with Crippen molar-refractivity contribution in [2.24, 2.45) is 0 Å². The number of methoxy groups -OCH3 is 1. The van der Waals surface area contributed by atoms with Gasteiger partial charge in [0, 0.05) is 17.8 Å². The standard InChI is InChI=1S/C22H23N3O5/c1-16-7-9-18(10-8-16)25(12-4-11-23)20(26)15-30-21(27)14-24-22(28)17-5-3-6-19(13-17)29-2/h3,5-10,13H,4,12,14-15H2,1-2H3,(H,24,28). The molecule has 30 heavy (non-hydrogen) atoms. The van der Waals surface area contributed by atoms with Crippen LogP contribution in [0.3, 0.4) is 0 Å². The second kappa shape index (κ2) is 11.2. The van der Waals surface area contributed by atoms with Crippen LogP contribution in [0.15, 0.2) is 48.5 Å². The SMILES string of the molecule is COc1cccc(C(=O)NCC(=O)OCC(=O)N(CCC#N)c2ccc(C)cc2)c1. The molecule has 1 N–H and O–H groups in total. The van der Waals surface area contributed by atoms with E-state index in [1.54, 1.807) is 36.4 Å². The molecule has 0 bridgehead atoms. The predicted octanol–water partition coefficient (Wildman–Crippen LogP) is 2.22. The van der Waals surface area contributed by atoms with E-state index in [2.05, 4.69) is 5.32 Å². The lowest BCUT2D eigenvalue weighted by atomic mass is 10.2. The number of hydrogen-bond donors (Lipinski definition) is 1. The van der Waals surface area contributed by atoms with Gasteiger partial charge in [0.25, 0.3) is 11.8 Å². The number of carbonyl (C=O) groups excluding carboxylic acids is 3. The van der Waals surface area contributed by atoms with Crippen LogP contribution < -0.4 is 15.0 Å². The molecule has 8 heteroatoms. The first-order chi connectivity index (χ1) is 14.4. The number of nitrogens with zero attached hydrogens (tertiary/aromatic N) is 2. The minimum atomic E-state index is -0.747. The van der Waals surface area contributed by atoms with E-state index >= 15 is 0 Å². The summed E-state index contributed by atoms with van der Waals surface area (Å²) >= 11 is 0. The van der Waals surface area contributed by atoms with Crippen LogP contribution in [0.2, 0.25) is 0 Å². The van der Waals surface area contributed by atoms with Crippen molar-refractivity contribution in [1.82, 2.24) is 5.32 Å². The zero-order valence-electron chi connectivity index (χ0n) is 16.9. The van der Waals surface area contributed by atoms with Gasteiger partial charge >= 0.3 is 5.97 Å². The summed E-state index contributed by atoms with van der Waals surface area (Å²) < 4.78 is 10.0. The van der Waals surface area contributed by atoms with E-state index in [1.807, 2.05) is 25.1 Å². The number of hydrogen-bond acceptors (Lipinski definition) is 6. The van der Waals surface area contributed by atoms with E-state index in [0.29, 0.717) is 17.0 Å². The van der Waals surface area contributed by atoms with Crippen LogP contribution in [0, 0.1) is 18.3 Å². The average molecular weight is 409 g/mol. The van der Waals surface area contributed by atoms with Crippen molar-refractivity contribution >= 4 is 23.5 Å². The third kappa shape index (κ3) is 6.63. The molecule has 0 aliphatic carbocycles. The van der Waals surface area contributed by atoms with Crippen molar-refractivity contribution in [3.05, 3.63) is 59.7 Å².